The monoisotopic (exact) mass is 433 g/mol. The van der Waals surface area contributed by atoms with Crippen LogP contribution in [0.15, 0.2) is 31.8 Å². The van der Waals surface area contributed by atoms with Crippen LogP contribution in [0.5, 0.6) is 0 Å². The summed E-state index contributed by atoms with van der Waals surface area (Å²) in [5, 5.41) is 3.57. The zero-order chi connectivity index (χ0) is 15.4. The van der Waals surface area contributed by atoms with Gasteiger partial charge in [-0.2, -0.15) is 0 Å². The molecule has 2 rings (SSSR count). The van der Waals surface area contributed by atoms with Crippen LogP contribution >= 0.6 is 43.2 Å². The molecule has 0 aliphatic heterocycles. The standard InChI is InChI=1S/C16H18Br2FNS/c1-3-6-20-14(13-9-15(17)21-16(13)18)8-11-7-12(19)5-4-10(11)2/h4-5,7,9,14,20H,3,6,8H2,1-2H3. The van der Waals surface area contributed by atoms with Crippen molar-refractivity contribution in [2.45, 2.75) is 32.7 Å². The van der Waals surface area contributed by atoms with Crippen LogP contribution < -0.4 is 5.32 Å². The van der Waals surface area contributed by atoms with Crippen molar-refractivity contribution < 1.29 is 4.39 Å². The largest absolute Gasteiger partial charge is 0.310 e. The van der Waals surface area contributed by atoms with E-state index in [9.17, 15) is 4.39 Å². The molecule has 0 aliphatic rings. The van der Waals surface area contributed by atoms with Gasteiger partial charge in [0, 0.05) is 6.04 Å². The number of halogens is 3. The Bertz CT molecular complexity index is 612. The van der Waals surface area contributed by atoms with Gasteiger partial charge in [0.25, 0.3) is 0 Å². The smallest absolute Gasteiger partial charge is 0.123 e. The van der Waals surface area contributed by atoms with E-state index < -0.39 is 0 Å². The fourth-order valence-electron chi connectivity index (χ4n) is 2.28. The van der Waals surface area contributed by atoms with Crippen LogP contribution in [0.4, 0.5) is 4.39 Å². The van der Waals surface area contributed by atoms with Gasteiger partial charge in [-0.25, -0.2) is 4.39 Å². The Balaban J connectivity index is 2.28. The summed E-state index contributed by atoms with van der Waals surface area (Å²) in [6.07, 6.45) is 1.85. The van der Waals surface area contributed by atoms with Crippen molar-refractivity contribution >= 4 is 43.2 Å². The Labute approximate surface area is 146 Å². The van der Waals surface area contributed by atoms with Gasteiger partial charge in [0.15, 0.2) is 0 Å². The fourth-order valence-corrected chi connectivity index (χ4v) is 5.26. The van der Waals surface area contributed by atoms with E-state index in [1.54, 1.807) is 17.4 Å². The first-order chi connectivity index (χ1) is 10.0. The van der Waals surface area contributed by atoms with Gasteiger partial charge in [-0.05, 0) is 93.1 Å². The van der Waals surface area contributed by atoms with Crippen LogP contribution in [0, 0.1) is 12.7 Å². The minimum atomic E-state index is -0.171. The molecule has 0 aliphatic carbocycles. The first-order valence-corrected chi connectivity index (χ1v) is 9.34. The van der Waals surface area contributed by atoms with Crippen LogP contribution in [0.1, 0.15) is 36.1 Å². The molecule has 0 saturated heterocycles. The molecule has 0 saturated carbocycles. The third-order valence-electron chi connectivity index (χ3n) is 3.43. The van der Waals surface area contributed by atoms with Crippen molar-refractivity contribution in [2.24, 2.45) is 0 Å². The van der Waals surface area contributed by atoms with Crippen molar-refractivity contribution in [1.82, 2.24) is 5.32 Å². The quantitative estimate of drug-likeness (QED) is 0.587. The van der Waals surface area contributed by atoms with E-state index in [0.29, 0.717) is 0 Å². The summed E-state index contributed by atoms with van der Waals surface area (Å²) in [4.78, 5) is 0. The van der Waals surface area contributed by atoms with E-state index in [0.717, 1.165) is 38.1 Å². The first-order valence-electron chi connectivity index (χ1n) is 6.94. The number of hydrogen-bond acceptors (Lipinski definition) is 2. The number of thiophene rings is 1. The Kier molecular flexibility index (Phi) is 6.41. The second kappa shape index (κ2) is 7.86. The van der Waals surface area contributed by atoms with E-state index >= 15 is 0 Å². The number of nitrogens with one attached hydrogen (secondary N) is 1. The van der Waals surface area contributed by atoms with E-state index in [-0.39, 0.29) is 11.9 Å². The predicted octanol–water partition coefficient (Wildman–Crippen LogP) is 6.00. The average molecular weight is 435 g/mol. The molecular formula is C16H18Br2FNS. The molecule has 0 radical (unpaired) electrons. The lowest BCUT2D eigenvalue weighted by molar-refractivity contribution is 0.526. The zero-order valence-corrected chi connectivity index (χ0v) is 16.0. The summed E-state index contributed by atoms with van der Waals surface area (Å²) in [5.41, 5.74) is 3.41. The lowest BCUT2D eigenvalue weighted by atomic mass is 9.97. The summed E-state index contributed by atoms with van der Waals surface area (Å²) in [6.45, 7) is 5.12. The normalized spacial score (nSPS) is 12.6. The van der Waals surface area contributed by atoms with Gasteiger partial charge in [-0.1, -0.05) is 13.0 Å². The number of aryl methyl sites for hydroxylation is 1. The van der Waals surface area contributed by atoms with Crippen molar-refractivity contribution in [2.75, 3.05) is 6.54 Å². The highest BCUT2D eigenvalue weighted by Crippen LogP contribution is 2.37. The second-order valence-electron chi connectivity index (χ2n) is 5.06. The fraction of sp³-hybridized carbons (Fsp3) is 0.375. The van der Waals surface area contributed by atoms with Crippen LogP contribution in [-0.2, 0) is 6.42 Å². The maximum atomic E-state index is 13.5. The Morgan fingerprint density at radius 3 is 2.67 bits per heavy atom. The molecule has 0 fully saturated rings. The van der Waals surface area contributed by atoms with Crippen molar-refractivity contribution in [1.29, 1.82) is 0 Å². The lowest BCUT2D eigenvalue weighted by Gasteiger charge is -2.19. The third kappa shape index (κ3) is 4.62. The van der Waals surface area contributed by atoms with Crippen molar-refractivity contribution in [3.05, 3.63) is 54.3 Å². The SMILES string of the molecule is CCCNC(Cc1cc(F)ccc1C)c1cc(Br)sc1Br. The molecule has 2 aromatic rings. The van der Waals surface area contributed by atoms with E-state index in [1.807, 2.05) is 13.0 Å². The number of benzene rings is 1. The Hall–Kier alpha value is -0.230. The van der Waals surface area contributed by atoms with E-state index in [4.69, 9.17) is 0 Å². The van der Waals surface area contributed by atoms with Crippen LogP contribution in [0.3, 0.4) is 0 Å². The van der Waals surface area contributed by atoms with Crippen LogP contribution in [0.2, 0.25) is 0 Å². The second-order valence-corrected chi connectivity index (χ2v) is 8.81. The van der Waals surface area contributed by atoms with Gasteiger partial charge in [0.1, 0.15) is 5.82 Å². The summed E-state index contributed by atoms with van der Waals surface area (Å²) in [5.74, 6) is -0.171. The van der Waals surface area contributed by atoms with Gasteiger partial charge in [-0.3, -0.25) is 0 Å². The van der Waals surface area contributed by atoms with Gasteiger partial charge in [0.05, 0.1) is 7.57 Å². The lowest BCUT2D eigenvalue weighted by Crippen LogP contribution is -2.24. The zero-order valence-electron chi connectivity index (χ0n) is 12.1. The highest BCUT2D eigenvalue weighted by Gasteiger charge is 2.18. The summed E-state index contributed by atoms with van der Waals surface area (Å²) < 4.78 is 15.7. The molecule has 0 amide bonds. The van der Waals surface area contributed by atoms with Gasteiger partial charge < -0.3 is 5.32 Å². The van der Waals surface area contributed by atoms with Crippen LogP contribution in [-0.4, -0.2) is 6.54 Å². The Morgan fingerprint density at radius 2 is 2.05 bits per heavy atom. The molecule has 114 valence electrons. The highest BCUT2D eigenvalue weighted by molar-refractivity contribution is 9.12. The number of hydrogen-bond donors (Lipinski definition) is 1. The van der Waals surface area contributed by atoms with E-state index in [1.165, 1.54) is 11.6 Å². The van der Waals surface area contributed by atoms with Crippen molar-refractivity contribution in [3.8, 4) is 0 Å². The maximum Gasteiger partial charge on any atom is 0.123 e. The molecule has 5 heteroatoms. The summed E-state index contributed by atoms with van der Waals surface area (Å²) in [6, 6.07) is 7.33. The maximum absolute atomic E-state index is 13.5. The minimum absolute atomic E-state index is 0.171. The summed E-state index contributed by atoms with van der Waals surface area (Å²) >= 11 is 8.83. The minimum Gasteiger partial charge on any atom is -0.310 e. The molecule has 21 heavy (non-hydrogen) atoms. The molecule has 1 N–H and O–H groups in total. The molecule has 1 aromatic heterocycles. The molecule has 1 aromatic carbocycles. The predicted molar refractivity (Wildman–Crippen MR) is 95.6 cm³/mol. The molecule has 0 spiro atoms. The molecule has 1 nitrogen and oxygen atoms in total. The van der Waals surface area contributed by atoms with Gasteiger partial charge in [0.2, 0.25) is 0 Å². The molecule has 0 bridgehead atoms. The van der Waals surface area contributed by atoms with E-state index in [2.05, 4.69) is 50.2 Å². The van der Waals surface area contributed by atoms with Crippen LogP contribution in [0.25, 0.3) is 0 Å². The summed E-state index contributed by atoms with van der Waals surface area (Å²) in [7, 11) is 0. The third-order valence-corrected chi connectivity index (χ3v) is 5.82. The molecule has 1 heterocycles. The molecular weight excluding hydrogens is 417 g/mol. The number of rotatable bonds is 6. The Morgan fingerprint density at radius 1 is 1.29 bits per heavy atom. The van der Waals surface area contributed by atoms with Gasteiger partial charge >= 0.3 is 0 Å². The molecule has 1 unspecified atom stereocenters. The van der Waals surface area contributed by atoms with Gasteiger partial charge in [-0.15, -0.1) is 11.3 Å². The highest BCUT2D eigenvalue weighted by atomic mass is 79.9. The first kappa shape index (κ1) is 17.1. The average Bonchev–Trinajstić information content (AvgIpc) is 2.77. The van der Waals surface area contributed by atoms with Crippen molar-refractivity contribution in [3.63, 3.8) is 0 Å². The topological polar surface area (TPSA) is 12.0 Å². The molecule has 1 atom stereocenters.